The van der Waals surface area contributed by atoms with Crippen LogP contribution in [-0.2, 0) is 6.42 Å². The first-order valence-corrected chi connectivity index (χ1v) is 15.4. The number of hydrogen-bond acceptors (Lipinski definition) is 3. The zero-order valence-corrected chi connectivity index (χ0v) is 24.3. The molecule has 9 rings (SSSR count). The van der Waals surface area contributed by atoms with Crippen molar-refractivity contribution in [1.82, 2.24) is 0 Å². The lowest BCUT2D eigenvalue weighted by Gasteiger charge is -2.31. The zero-order chi connectivity index (χ0) is 29.2. The van der Waals surface area contributed by atoms with Crippen LogP contribution in [0.1, 0.15) is 18.4 Å². The maximum absolute atomic E-state index is 9.94. The minimum atomic E-state index is 0.735. The molecule has 3 nitrogen and oxygen atoms in total. The van der Waals surface area contributed by atoms with E-state index in [4.69, 9.17) is 0 Å². The molecule has 0 aromatic heterocycles. The quantitative estimate of drug-likeness (QED) is 0.201. The van der Waals surface area contributed by atoms with Crippen molar-refractivity contribution in [2.75, 3.05) is 16.3 Å². The fraction of sp³-hybridized carbons (Fsp3) is 0.0976. The highest BCUT2D eigenvalue weighted by Crippen LogP contribution is 2.46. The van der Waals surface area contributed by atoms with Crippen LogP contribution in [0.5, 0.6) is 0 Å². The van der Waals surface area contributed by atoms with Gasteiger partial charge in [0.2, 0.25) is 0 Å². The first-order valence-electron chi connectivity index (χ1n) is 15.4. The van der Waals surface area contributed by atoms with Crippen molar-refractivity contribution in [1.29, 1.82) is 5.26 Å². The molecule has 1 heterocycles. The second-order valence-electron chi connectivity index (χ2n) is 11.9. The summed E-state index contributed by atoms with van der Waals surface area (Å²) in [6, 6.07) is 48.8. The molecule has 7 aromatic rings. The Morgan fingerprint density at radius 2 is 1.25 bits per heavy atom. The molecule has 2 aliphatic rings. The van der Waals surface area contributed by atoms with E-state index >= 15 is 0 Å². The van der Waals surface area contributed by atoms with Gasteiger partial charge >= 0.3 is 0 Å². The van der Waals surface area contributed by atoms with Gasteiger partial charge in [-0.25, -0.2) is 0 Å². The molecular weight excluding hydrogens is 534 g/mol. The topological polar surface area (TPSA) is 30.3 Å². The van der Waals surface area contributed by atoms with E-state index in [2.05, 4.69) is 137 Å². The summed E-state index contributed by atoms with van der Waals surface area (Å²) in [5.41, 5.74) is 8.40. The van der Waals surface area contributed by atoms with Crippen molar-refractivity contribution in [2.24, 2.45) is 0 Å². The highest BCUT2D eigenvalue weighted by Gasteiger charge is 2.25. The first-order chi connectivity index (χ1) is 21.8. The minimum absolute atomic E-state index is 0.735. The summed E-state index contributed by atoms with van der Waals surface area (Å²) in [4.78, 5) is 4.94. The van der Waals surface area contributed by atoms with Gasteiger partial charge in [0.1, 0.15) is 0 Å². The lowest BCUT2D eigenvalue weighted by molar-refractivity contribution is 1.00. The number of nitrogens with zero attached hydrogens (tertiary/aromatic N) is 3. The molecule has 0 radical (unpaired) electrons. The van der Waals surface area contributed by atoms with Crippen molar-refractivity contribution in [3.63, 3.8) is 0 Å². The van der Waals surface area contributed by atoms with Crippen molar-refractivity contribution in [2.45, 2.75) is 19.3 Å². The molecule has 0 fully saturated rings. The van der Waals surface area contributed by atoms with Gasteiger partial charge in [-0.2, -0.15) is 5.26 Å². The zero-order valence-electron chi connectivity index (χ0n) is 24.3. The minimum Gasteiger partial charge on any atom is -0.340 e. The van der Waals surface area contributed by atoms with Crippen LogP contribution in [0.4, 0.5) is 22.7 Å². The Morgan fingerprint density at radius 3 is 2.09 bits per heavy atom. The van der Waals surface area contributed by atoms with E-state index < -0.39 is 0 Å². The van der Waals surface area contributed by atoms with Crippen molar-refractivity contribution in [3.05, 3.63) is 143 Å². The van der Waals surface area contributed by atoms with Crippen LogP contribution in [-0.4, -0.2) is 6.54 Å². The fourth-order valence-electron chi connectivity index (χ4n) is 7.67. The lowest BCUT2D eigenvalue weighted by atomic mass is 9.91. The molecule has 208 valence electrons. The maximum Gasteiger partial charge on any atom is 0.0953 e. The summed E-state index contributed by atoms with van der Waals surface area (Å²) in [7, 11) is 0. The molecule has 1 aliphatic heterocycles. The number of anilines is 4. The van der Waals surface area contributed by atoms with Crippen molar-refractivity contribution < 1.29 is 0 Å². The van der Waals surface area contributed by atoms with Gasteiger partial charge in [0, 0.05) is 50.9 Å². The molecule has 44 heavy (non-hydrogen) atoms. The van der Waals surface area contributed by atoms with Gasteiger partial charge in [-0.1, -0.05) is 97.1 Å². The van der Waals surface area contributed by atoms with E-state index in [0.717, 1.165) is 47.5 Å². The Kier molecular flexibility index (Phi) is 5.52. The summed E-state index contributed by atoms with van der Waals surface area (Å²) in [5.74, 6) is 0. The molecular formula is C41H29N3. The van der Waals surface area contributed by atoms with Crippen LogP contribution in [0.2, 0.25) is 0 Å². The molecule has 0 unspecified atom stereocenters. The third kappa shape index (κ3) is 3.61. The summed E-state index contributed by atoms with van der Waals surface area (Å²) in [5, 5.41) is 19.8. The highest BCUT2D eigenvalue weighted by molar-refractivity contribution is 6.28. The molecule has 0 N–H and O–H groups in total. The monoisotopic (exact) mass is 563 g/mol. The molecule has 3 heteroatoms. The summed E-state index contributed by atoms with van der Waals surface area (Å²) < 4.78 is 0. The summed E-state index contributed by atoms with van der Waals surface area (Å²) in [6.07, 6.45) is 2.60. The molecule has 0 saturated heterocycles. The van der Waals surface area contributed by atoms with Gasteiger partial charge in [0.05, 0.1) is 11.8 Å². The molecule has 1 aliphatic carbocycles. The fourth-order valence-corrected chi connectivity index (χ4v) is 7.67. The van der Waals surface area contributed by atoms with E-state index in [-0.39, 0.29) is 0 Å². The van der Waals surface area contributed by atoms with Gasteiger partial charge in [-0.15, -0.1) is 0 Å². The third-order valence-corrected chi connectivity index (χ3v) is 9.63. The summed E-state index contributed by atoms with van der Waals surface area (Å²) >= 11 is 0. The van der Waals surface area contributed by atoms with Crippen LogP contribution >= 0.6 is 0 Å². The van der Waals surface area contributed by atoms with Gasteiger partial charge in [0.15, 0.2) is 0 Å². The molecule has 0 spiro atoms. The van der Waals surface area contributed by atoms with E-state index in [1.165, 1.54) is 60.6 Å². The predicted octanol–water partition coefficient (Wildman–Crippen LogP) is 8.69. The number of benzene rings is 7. The maximum atomic E-state index is 9.94. The second kappa shape index (κ2) is 9.73. The van der Waals surface area contributed by atoms with Crippen molar-refractivity contribution in [3.8, 4) is 6.07 Å². The average Bonchev–Trinajstić information content (AvgIpc) is 3.52. The van der Waals surface area contributed by atoms with E-state index in [0.29, 0.717) is 0 Å². The van der Waals surface area contributed by atoms with E-state index in [1.807, 2.05) is 6.07 Å². The first kappa shape index (κ1) is 25.0. The third-order valence-electron chi connectivity index (χ3n) is 9.63. The molecule has 0 atom stereocenters. The van der Waals surface area contributed by atoms with Crippen molar-refractivity contribution >= 4 is 66.3 Å². The summed E-state index contributed by atoms with van der Waals surface area (Å²) in [6.45, 7) is 0.996. The van der Waals surface area contributed by atoms with Gasteiger partial charge in [-0.05, 0) is 81.9 Å². The number of nitriles is 1. The number of para-hydroxylation sites is 2. The Morgan fingerprint density at radius 1 is 0.568 bits per heavy atom. The lowest BCUT2D eigenvalue weighted by Crippen LogP contribution is -2.36. The van der Waals surface area contributed by atoms with Gasteiger partial charge < -0.3 is 9.80 Å². The van der Waals surface area contributed by atoms with Crippen LogP contribution in [0.25, 0.3) is 43.6 Å². The van der Waals surface area contributed by atoms with Crippen LogP contribution in [0, 0.1) is 11.3 Å². The SMILES string of the molecule is N#CC1=c2ccccc2=C(N(c2ccccc2)c2ccc3ccc4c(N5CCc6ccccc65)ccc5ccc2c3c54)CC1. The standard InChI is InChI=1S/C41H29N3/c42-26-30-18-23-38(33-12-6-5-11-32(30)33)44(31-9-2-1-3-10-31)39-22-17-29-14-19-34-37(43-25-24-27-8-4-7-13-36(27)43)21-16-28-15-20-35(39)41(29)40(28)34/h1-17,19-22H,18,23-25H2. The van der Waals surface area contributed by atoms with Crippen LogP contribution in [0.15, 0.2) is 127 Å². The molecule has 0 saturated carbocycles. The molecule has 7 aromatic carbocycles. The number of fused-ring (bicyclic) bond motifs is 2. The van der Waals surface area contributed by atoms with Crippen LogP contribution in [0.3, 0.4) is 0 Å². The van der Waals surface area contributed by atoms with E-state index in [9.17, 15) is 5.26 Å². The Bertz CT molecular complexity index is 2420. The number of rotatable bonds is 4. The Labute approximate surface area is 256 Å². The Hall–Kier alpha value is -5.59. The second-order valence-corrected chi connectivity index (χ2v) is 11.9. The normalized spacial score (nSPS) is 14.3. The van der Waals surface area contributed by atoms with Gasteiger partial charge in [0.25, 0.3) is 0 Å². The van der Waals surface area contributed by atoms with Gasteiger partial charge in [-0.3, -0.25) is 0 Å². The largest absolute Gasteiger partial charge is 0.340 e. The van der Waals surface area contributed by atoms with E-state index in [1.54, 1.807) is 0 Å². The van der Waals surface area contributed by atoms with Crippen LogP contribution < -0.4 is 20.2 Å². The number of hydrogen-bond donors (Lipinski definition) is 0. The highest BCUT2D eigenvalue weighted by atomic mass is 15.2. The Balaban J connectivity index is 1.34. The molecule has 0 amide bonds. The smallest absolute Gasteiger partial charge is 0.0953 e. The predicted molar refractivity (Wildman–Crippen MR) is 183 cm³/mol. The average molecular weight is 564 g/mol. The molecule has 0 bridgehead atoms.